The third-order valence-electron chi connectivity index (χ3n) is 2.60. The average Bonchev–Trinajstić information content (AvgIpc) is 2.35. The molecule has 0 fully saturated rings. The average molecular weight is 219 g/mol. The fraction of sp³-hybridized carbons (Fsp3) is 0.417. The Morgan fingerprint density at radius 1 is 1.50 bits per heavy atom. The number of pyridine rings is 1. The van der Waals surface area contributed by atoms with Crippen LogP contribution in [0.5, 0.6) is 0 Å². The number of nitrogens with one attached hydrogen (secondary N) is 1. The predicted molar refractivity (Wildman–Crippen MR) is 64.3 cm³/mol. The van der Waals surface area contributed by atoms with Crippen molar-refractivity contribution in [1.29, 1.82) is 0 Å². The third kappa shape index (κ3) is 3.46. The van der Waals surface area contributed by atoms with Crippen molar-refractivity contribution < 1.29 is 4.79 Å². The van der Waals surface area contributed by atoms with Gasteiger partial charge in [-0.05, 0) is 31.4 Å². The van der Waals surface area contributed by atoms with Crippen LogP contribution in [-0.2, 0) is 0 Å². The number of hydrazone groups is 1. The number of hydrogen-bond acceptors (Lipinski definition) is 3. The molecule has 0 aliphatic carbocycles. The molecule has 1 atom stereocenters. The van der Waals surface area contributed by atoms with Crippen molar-refractivity contribution in [3.05, 3.63) is 30.1 Å². The minimum absolute atomic E-state index is 0.204. The molecule has 1 amide bonds. The topological polar surface area (TPSA) is 54.4 Å². The lowest BCUT2D eigenvalue weighted by Crippen LogP contribution is -2.20. The van der Waals surface area contributed by atoms with Crippen LogP contribution in [0.1, 0.15) is 37.6 Å². The molecule has 0 saturated carbocycles. The standard InChI is InChI=1S/C12H17N3O/c1-4-9(2)10(3)14-15-12(16)11-5-7-13-8-6-11/h5-9H,4H2,1-3H3,(H,15,16)/b14-10-/t9-/m0/s1. The molecule has 1 aromatic rings. The van der Waals surface area contributed by atoms with Gasteiger partial charge in [0.15, 0.2) is 0 Å². The molecular weight excluding hydrogens is 202 g/mol. The molecule has 0 spiro atoms. The fourth-order valence-corrected chi connectivity index (χ4v) is 1.11. The molecule has 0 aromatic carbocycles. The molecule has 0 unspecified atom stereocenters. The van der Waals surface area contributed by atoms with Crippen molar-refractivity contribution in [2.45, 2.75) is 27.2 Å². The van der Waals surface area contributed by atoms with Gasteiger partial charge in [0.2, 0.25) is 0 Å². The largest absolute Gasteiger partial charge is 0.271 e. The maximum atomic E-state index is 11.6. The Morgan fingerprint density at radius 3 is 2.69 bits per heavy atom. The van der Waals surface area contributed by atoms with E-state index in [9.17, 15) is 4.79 Å². The Bertz CT molecular complexity index is 373. The zero-order valence-corrected chi connectivity index (χ0v) is 9.90. The van der Waals surface area contributed by atoms with Gasteiger partial charge in [-0.2, -0.15) is 5.10 Å². The van der Waals surface area contributed by atoms with E-state index >= 15 is 0 Å². The van der Waals surface area contributed by atoms with Gasteiger partial charge in [0.1, 0.15) is 0 Å². The highest BCUT2D eigenvalue weighted by Gasteiger charge is 2.05. The smallest absolute Gasteiger partial charge is 0.267 e. The first-order valence-corrected chi connectivity index (χ1v) is 5.39. The maximum Gasteiger partial charge on any atom is 0.271 e. The van der Waals surface area contributed by atoms with Gasteiger partial charge in [0, 0.05) is 23.7 Å². The summed E-state index contributed by atoms with van der Waals surface area (Å²) in [6.45, 7) is 6.09. The highest BCUT2D eigenvalue weighted by atomic mass is 16.2. The van der Waals surface area contributed by atoms with Crippen LogP contribution in [0.3, 0.4) is 0 Å². The summed E-state index contributed by atoms with van der Waals surface area (Å²) in [6, 6.07) is 3.31. The number of carbonyl (C=O) groups is 1. The SMILES string of the molecule is CC[C@H](C)/C(C)=N\NC(=O)c1ccncc1. The molecule has 86 valence electrons. The third-order valence-corrected chi connectivity index (χ3v) is 2.60. The van der Waals surface area contributed by atoms with Gasteiger partial charge >= 0.3 is 0 Å². The summed E-state index contributed by atoms with van der Waals surface area (Å²) in [5, 5.41) is 4.07. The van der Waals surface area contributed by atoms with E-state index in [1.807, 2.05) is 6.92 Å². The Balaban J connectivity index is 2.60. The van der Waals surface area contributed by atoms with Crippen LogP contribution < -0.4 is 5.43 Å². The van der Waals surface area contributed by atoms with E-state index in [2.05, 4.69) is 29.4 Å². The van der Waals surface area contributed by atoms with Crippen molar-refractivity contribution in [2.75, 3.05) is 0 Å². The molecule has 0 radical (unpaired) electrons. The van der Waals surface area contributed by atoms with Crippen LogP contribution in [0.25, 0.3) is 0 Å². The van der Waals surface area contributed by atoms with Crippen LogP contribution >= 0.6 is 0 Å². The van der Waals surface area contributed by atoms with Gasteiger partial charge in [0.25, 0.3) is 5.91 Å². The zero-order valence-electron chi connectivity index (χ0n) is 9.90. The number of aromatic nitrogens is 1. The normalized spacial score (nSPS) is 13.3. The van der Waals surface area contributed by atoms with Crippen molar-refractivity contribution in [1.82, 2.24) is 10.4 Å². The summed E-state index contributed by atoms with van der Waals surface area (Å²) in [5.74, 6) is 0.183. The first kappa shape index (κ1) is 12.4. The number of carbonyl (C=O) groups excluding carboxylic acids is 1. The Kier molecular flexibility index (Phi) is 4.64. The number of rotatable bonds is 4. The number of hydrogen-bond donors (Lipinski definition) is 1. The van der Waals surface area contributed by atoms with Gasteiger partial charge in [-0.15, -0.1) is 0 Å². The lowest BCUT2D eigenvalue weighted by Gasteiger charge is -2.07. The van der Waals surface area contributed by atoms with E-state index in [4.69, 9.17) is 0 Å². The lowest BCUT2D eigenvalue weighted by molar-refractivity contribution is 0.0954. The molecule has 1 N–H and O–H groups in total. The van der Waals surface area contributed by atoms with Crippen molar-refractivity contribution in [3.8, 4) is 0 Å². The molecule has 0 aliphatic rings. The summed E-state index contributed by atoms with van der Waals surface area (Å²) in [4.78, 5) is 15.5. The van der Waals surface area contributed by atoms with Crippen molar-refractivity contribution >= 4 is 11.6 Å². The quantitative estimate of drug-likeness (QED) is 0.623. The van der Waals surface area contributed by atoms with Gasteiger partial charge < -0.3 is 0 Å². The fourth-order valence-electron chi connectivity index (χ4n) is 1.11. The second kappa shape index (κ2) is 6.00. The van der Waals surface area contributed by atoms with E-state index < -0.39 is 0 Å². The Labute approximate surface area is 95.8 Å². The van der Waals surface area contributed by atoms with Crippen LogP contribution in [0.15, 0.2) is 29.6 Å². The summed E-state index contributed by atoms with van der Waals surface area (Å²) < 4.78 is 0. The first-order chi connectivity index (χ1) is 7.65. The van der Waals surface area contributed by atoms with Crippen LogP contribution in [0, 0.1) is 5.92 Å². The van der Waals surface area contributed by atoms with E-state index in [1.54, 1.807) is 24.5 Å². The molecule has 0 saturated heterocycles. The lowest BCUT2D eigenvalue weighted by atomic mass is 10.1. The summed E-state index contributed by atoms with van der Waals surface area (Å²) in [6.07, 6.45) is 4.18. The minimum atomic E-state index is -0.204. The first-order valence-electron chi connectivity index (χ1n) is 5.39. The molecular formula is C12H17N3O. The van der Waals surface area contributed by atoms with Crippen LogP contribution in [-0.4, -0.2) is 16.6 Å². The number of amides is 1. The van der Waals surface area contributed by atoms with E-state index in [0.29, 0.717) is 11.5 Å². The predicted octanol–water partition coefficient (Wildman–Crippen LogP) is 2.23. The van der Waals surface area contributed by atoms with Crippen molar-refractivity contribution in [2.24, 2.45) is 11.0 Å². The highest BCUT2D eigenvalue weighted by Crippen LogP contribution is 2.03. The van der Waals surface area contributed by atoms with Crippen molar-refractivity contribution in [3.63, 3.8) is 0 Å². The Morgan fingerprint density at radius 2 is 2.12 bits per heavy atom. The molecule has 1 aromatic heterocycles. The Hall–Kier alpha value is -1.71. The van der Waals surface area contributed by atoms with Crippen LogP contribution in [0.4, 0.5) is 0 Å². The van der Waals surface area contributed by atoms with Gasteiger partial charge in [0.05, 0.1) is 0 Å². The second-order valence-electron chi connectivity index (χ2n) is 3.74. The molecule has 4 nitrogen and oxygen atoms in total. The van der Waals surface area contributed by atoms with E-state index in [0.717, 1.165) is 12.1 Å². The summed E-state index contributed by atoms with van der Waals surface area (Å²) in [7, 11) is 0. The van der Waals surface area contributed by atoms with E-state index in [-0.39, 0.29) is 5.91 Å². The number of nitrogens with zero attached hydrogens (tertiary/aromatic N) is 2. The zero-order chi connectivity index (χ0) is 12.0. The van der Waals surface area contributed by atoms with Gasteiger partial charge in [-0.25, -0.2) is 5.43 Å². The van der Waals surface area contributed by atoms with E-state index in [1.165, 1.54) is 0 Å². The monoisotopic (exact) mass is 219 g/mol. The molecule has 0 aliphatic heterocycles. The van der Waals surface area contributed by atoms with Crippen LogP contribution in [0.2, 0.25) is 0 Å². The highest BCUT2D eigenvalue weighted by molar-refractivity contribution is 5.95. The minimum Gasteiger partial charge on any atom is -0.267 e. The maximum absolute atomic E-state index is 11.6. The summed E-state index contributed by atoms with van der Waals surface area (Å²) >= 11 is 0. The molecule has 0 bridgehead atoms. The molecule has 4 heteroatoms. The molecule has 1 heterocycles. The second-order valence-corrected chi connectivity index (χ2v) is 3.74. The molecule has 1 rings (SSSR count). The van der Waals surface area contributed by atoms with Gasteiger partial charge in [-0.1, -0.05) is 13.8 Å². The molecule has 16 heavy (non-hydrogen) atoms. The van der Waals surface area contributed by atoms with Gasteiger partial charge in [-0.3, -0.25) is 9.78 Å². The summed E-state index contributed by atoms with van der Waals surface area (Å²) in [5.41, 5.74) is 4.04.